The molecule has 0 bridgehead atoms. The third-order valence-corrected chi connectivity index (χ3v) is 2.58. The molecule has 0 unspecified atom stereocenters. The Morgan fingerprint density at radius 3 is 1.59 bits per heavy atom. The molecule has 0 atom stereocenters. The highest BCUT2D eigenvalue weighted by Crippen LogP contribution is 2.34. The van der Waals surface area contributed by atoms with E-state index in [1.807, 2.05) is 0 Å². The molecule has 118 valence electrons. The van der Waals surface area contributed by atoms with Crippen LogP contribution in [-0.4, -0.2) is 4.98 Å². The standard InChI is InChI=1S/C12H2F9N/c13-3-1-2-4(12(19,20)21)22-11(3)5-6(14)8(16)10(18)9(17)7(5)15/h1-2H. The molecule has 1 nitrogen and oxygen atoms in total. The number of pyridine rings is 1. The minimum atomic E-state index is -5.10. The lowest BCUT2D eigenvalue weighted by Gasteiger charge is -2.11. The summed E-state index contributed by atoms with van der Waals surface area (Å²) in [5, 5.41) is 0. The molecular weight excluding hydrogens is 329 g/mol. The molecule has 0 fully saturated rings. The maximum Gasteiger partial charge on any atom is 0.433 e. The van der Waals surface area contributed by atoms with Gasteiger partial charge < -0.3 is 0 Å². The molecule has 0 aliphatic heterocycles. The molecule has 10 heteroatoms. The van der Waals surface area contributed by atoms with E-state index in [-0.39, 0.29) is 12.1 Å². The fourth-order valence-corrected chi connectivity index (χ4v) is 1.59. The molecule has 0 aliphatic rings. The molecule has 0 saturated carbocycles. The van der Waals surface area contributed by atoms with E-state index in [0.29, 0.717) is 0 Å². The third kappa shape index (κ3) is 2.48. The lowest BCUT2D eigenvalue weighted by atomic mass is 10.1. The van der Waals surface area contributed by atoms with Gasteiger partial charge in [0.2, 0.25) is 5.82 Å². The van der Waals surface area contributed by atoms with Crippen molar-refractivity contribution in [2.45, 2.75) is 6.18 Å². The SMILES string of the molecule is Fc1ccc(C(F)(F)F)nc1-c1c(F)c(F)c(F)c(F)c1F. The summed E-state index contributed by atoms with van der Waals surface area (Å²) in [6.07, 6.45) is -5.10. The first-order valence-corrected chi connectivity index (χ1v) is 5.31. The molecule has 1 aromatic heterocycles. The summed E-state index contributed by atoms with van der Waals surface area (Å²) >= 11 is 0. The smallest absolute Gasteiger partial charge is 0.240 e. The molecule has 2 rings (SSSR count). The molecule has 0 radical (unpaired) electrons. The quantitative estimate of drug-likeness (QED) is 0.423. The Labute approximate surface area is 116 Å². The van der Waals surface area contributed by atoms with Crippen LogP contribution in [-0.2, 0) is 6.18 Å². The van der Waals surface area contributed by atoms with Gasteiger partial charge in [-0.25, -0.2) is 31.3 Å². The molecule has 22 heavy (non-hydrogen) atoms. The molecule has 1 heterocycles. The number of benzene rings is 1. The Balaban J connectivity index is 2.83. The van der Waals surface area contributed by atoms with Crippen molar-refractivity contribution in [3.8, 4) is 11.3 Å². The molecule has 2 aromatic rings. The predicted molar refractivity (Wildman–Crippen MR) is 54.4 cm³/mol. The highest BCUT2D eigenvalue weighted by Gasteiger charge is 2.35. The van der Waals surface area contributed by atoms with E-state index in [1.54, 1.807) is 0 Å². The average Bonchev–Trinajstić information content (AvgIpc) is 2.44. The summed E-state index contributed by atoms with van der Waals surface area (Å²) in [5.74, 6) is -14.0. The highest BCUT2D eigenvalue weighted by molar-refractivity contribution is 5.62. The van der Waals surface area contributed by atoms with Crippen molar-refractivity contribution in [2.75, 3.05) is 0 Å². The van der Waals surface area contributed by atoms with E-state index in [1.165, 1.54) is 0 Å². The summed E-state index contributed by atoms with van der Waals surface area (Å²) in [6, 6.07) is 0.314. The Bertz CT molecular complexity index is 722. The second kappa shape index (κ2) is 5.18. The Kier molecular flexibility index (Phi) is 3.80. The Hall–Kier alpha value is -2.26. The molecule has 0 amide bonds. The van der Waals surface area contributed by atoms with Crippen LogP contribution in [0.5, 0.6) is 0 Å². The van der Waals surface area contributed by atoms with Crippen LogP contribution in [0.4, 0.5) is 39.5 Å². The number of hydrogen-bond donors (Lipinski definition) is 0. The van der Waals surface area contributed by atoms with E-state index in [4.69, 9.17) is 0 Å². The summed E-state index contributed by atoms with van der Waals surface area (Å²) in [5.41, 5.74) is -5.27. The van der Waals surface area contributed by atoms with E-state index < -0.39 is 58.0 Å². The number of rotatable bonds is 1. The zero-order valence-electron chi connectivity index (χ0n) is 10.0. The summed E-state index contributed by atoms with van der Waals surface area (Å²) in [6.45, 7) is 0. The maximum absolute atomic E-state index is 13.5. The van der Waals surface area contributed by atoms with Gasteiger partial charge in [-0.05, 0) is 12.1 Å². The van der Waals surface area contributed by atoms with Crippen molar-refractivity contribution in [1.29, 1.82) is 0 Å². The average molecular weight is 331 g/mol. The summed E-state index contributed by atoms with van der Waals surface area (Å²) in [7, 11) is 0. The normalized spacial score (nSPS) is 11.9. The van der Waals surface area contributed by atoms with Gasteiger partial charge in [0.1, 0.15) is 17.2 Å². The van der Waals surface area contributed by atoms with E-state index >= 15 is 0 Å². The minimum absolute atomic E-state index is 0.156. The van der Waals surface area contributed by atoms with Crippen molar-refractivity contribution in [3.63, 3.8) is 0 Å². The Morgan fingerprint density at radius 2 is 1.14 bits per heavy atom. The molecular formula is C12H2F9N. The van der Waals surface area contributed by atoms with Crippen LogP contribution in [0, 0.1) is 34.9 Å². The fraction of sp³-hybridized carbons (Fsp3) is 0.0833. The molecule has 1 aromatic carbocycles. The van der Waals surface area contributed by atoms with Gasteiger partial charge >= 0.3 is 6.18 Å². The van der Waals surface area contributed by atoms with Crippen LogP contribution in [0.15, 0.2) is 12.1 Å². The van der Waals surface area contributed by atoms with E-state index in [0.717, 1.165) is 0 Å². The topological polar surface area (TPSA) is 12.9 Å². The first-order valence-electron chi connectivity index (χ1n) is 5.31. The van der Waals surface area contributed by atoms with Gasteiger partial charge in [0.15, 0.2) is 23.3 Å². The van der Waals surface area contributed by atoms with Crippen molar-refractivity contribution in [3.05, 3.63) is 52.7 Å². The molecule has 0 aliphatic carbocycles. The maximum atomic E-state index is 13.5. The van der Waals surface area contributed by atoms with Crippen LogP contribution in [0.2, 0.25) is 0 Å². The van der Waals surface area contributed by atoms with Crippen LogP contribution in [0.1, 0.15) is 5.69 Å². The number of hydrogen-bond acceptors (Lipinski definition) is 1. The van der Waals surface area contributed by atoms with Crippen LogP contribution < -0.4 is 0 Å². The zero-order chi connectivity index (χ0) is 16.8. The number of halogens is 9. The van der Waals surface area contributed by atoms with Crippen molar-refractivity contribution in [1.82, 2.24) is 4.98 Å². The van der Waals surface area contributed by atoms with Crippen molar-refractivity contribution >= 4 is 0 Å². The zero-order valence-corrected chi connectivity index (χ0v) is 10.0. The summed E-state index contributed by atoms with van der Waals surface area (Å²) in [4.78, 5) is 2.61. The minimum Gasteiger partial charge on any atom is -0.240 e. The van der Waals surface area contributed by atoms with Crippen LogP contribution in [0.25, 0.3) is 11.3 Å². The van der Waals surface area contributed by atoms with Crippen molar-refractivity contribution in [2.24, 2.45) is 0 Å². The van der Waals surface area contributed by atoms with Crippen LogP contribution >= 0.6 is 0 Å². The van der Waals surface area contributed by atoms with E-state index in [9.17, 15) is 39.5 Å². The summed E-state index contributed by atoms with van der Waals surface area (Å²) < 4.78 is 117. The van der Waals surface area contributed by atoms with Gasteiger partial charge in [-0.3, -0.25) is 0 Å². The molecule has 0 N–H and O–H groups in total. The van der Waals surface area contributed by atoms with Gasteiger partial charge in [0.05, 0.1) is 5.56 Å². The first-order chi connectivity index (χ1) is 10.1. The third-order valence-electron chi connectivity index (χ3n) is 2.58. The van der Waals surface area contributed by atoms with Gasteiger partial charge in [0, 0.05) is 0 Å². The fourth-order valence-electron chi connectivity index (χ4n) is 1.59. The van der Waals surface area contributed by atoms with Gasteiger partial charge in [-0.1, -0.05) is 0 Å². The van der Waals surface area contributed by atoms with Gasteiger partial charge in [-0.2, -0.15) is 13.2 Å². The van der Waals surface area contributed by atoms with Crippen molar-refractivity contribution < 1.29 is 39.5 Å². The highest BCUT2D eigenvalue weighted by atomic mass is 19.4. The van der Waals surface area contributed by atoms with Crippen LogP contribution in [0.3, 0.4) is 0 Å². The number of aromatic nitrogens is 1. The number of nitrogens with zero attached hydrogens (tertiary/aromatic N) is 1. The largest absolute Gasteiger partial charge is 0.433 e. The Morgan fingerprint density at radius 1 is 0.682 bits per heavy atom. The van der Waals surface area contributed by atoms with Gasteiger partial charge in [0.25, 0.3) is 0 Å². The van der Waals surface area contributed by atoms with E-state index in [2.05, 4.69) is 4.98 Å². The monoisotopic (exact) mass is 331 g/mol. The second-order valence-corrected chi connectivity index (χ2v) is 3.97. The first kappa shape index (κ1) is 16.1. The second-order valence-electron chi connectivity index (χ2n) is 3.97. The predicted octanol–water partition coefficient (Wildman–Crippen LogP) is 4.60. The molecule has 0 saturated heterocycles. The van der Waals surface area contributed by atoms with Gasteiger partial charge in [-0.15, -0.1) is 0 Å². The number of alkyl halides is 3. The lowest BCUT2D eigenvalue weighted by Crippen LogP contribution is -2.11. The lowest BCUT2D eigenvalue weighted by molar-refractivity contribution is -0.141. The molecule has 0 spiro atoms.